The molecule has 3 fully saturated rings. The lowest BCUT2D eigenvalue weighted by Crippen LogP contribution is -2.47. The van der Waals surface area contributed by atoms with E-state index in [1.807, 2.05) is 0 Å². The first kappa shape index (κ1) is 11.7. The molecule has 5 nitrogen and oxygen atoms in total. The molecule has 0 aromatic heterocycles. The standard InChI is InChI=1S/C13H17NO4/c15-9-7-13(5-1-2-6-13)12(18)14(9)10(11(16)17)8-3-4-8/h8,10H,1-7H2,(H,16,17). The molecule has 1 heterocycles. The summed E-state index contributed by atoms with van der Waals surface area (Å²) in [6.07, 6.45) is 5.25. The SMILES string of the molecule is O=C(O)C(C1CC1)N1C(=O)CC2(CCCC2)C1=O. The number of rotatable bonds is 3. The van der Waals surface area contributed by atoms with Gasteiger partial charge in [0.1, 0.15) is 6.04 Å². The third-order valence-electron chi connectivity index (χ3n) is 4.59. The van der Waals surface area contributed by atoms with Crippen molar-refractivity contribution in [2.45, 2.75) is 51.0 Å². The normalized spacial score (nSPS) is 28.1. The van der Waals surface area contributed by atoms with Crippen molar-refractivity contribution < 1.29 is 19.5 Å². The van der Waals surface area contributed by atoms with Crippen molar-refractivity contribution in [3.63, 3.8) is 0 Å². The fourth-order valence-corrected chi connectivity index (χ4v) is 3.48. The van der Waals surface area contributed by atoms with Crippen molar-refractivity contribution in [3.8, 4) is 0 Å². The van der Waals surface area contributed by atoms with Crippen molar-refractivity contribution in [3.05, 3.63) is 0 Å². The summed E-state index contributed by atoms with van der Waals surface area (Å²) < 4.78 is 0. The summed E-state index contributed by atoms with van der Waals surface area (Å²) in [6.45, 7) is 0. The van der Waals surface area contributed by atoms with Gasteiger partial charge in [-0.15, -0.1) is 0 Å². The molecule has 3 rings (SSSR count). The van der Waals surface area contributed by atoms with Crippen molar-refractivity contribution in [1.29, 1.82) is 0 Å². The van der Waals surface area contributed by atoms with E-state index in [9.17, 15) is 19.5 Å². The lowest BCUT2D eigenvalue weighted by atomic mass is 9.84. The number of carbonyl (C=O) groups excluding carboxylic acids is 2. The van der Waals surface area contributed by atoms with Gasteiger partial charge in [0.25, 0.3) is 0 Å². The number of carboxylic acid groups (broad SMARTS) is 1. The van der Waals surface area contributed by atoms with E-state index in [0.717, 1.165) is 43.4 Å². The highest BCUT2D eigenvalue weighted by Gasteiger charge is 2.57. The summed E-state index contributed by atoms with van der Waals surface area (Å²) in [6, 6.07) is -0.912. The summed E-state index contributed by atoms with van der Waals surface area (Å²) in [5.74, 6) is -1.55. The average Bonchev–Trinajstić information content (AvgIpc) is 2.98. The average molecular weight is 251 g/mol. The Kier molecular flexibility index (Phi) is 2.47. The molecule has 1 N–H and O–H groups in total. The Balaban J connectivity index is 1.89. The van der Waals surface area contributed by atoms with Gasteiger partial charge in [-0.25, -0.2) is 4.79 Å². The van der Waals surface area contributed by atoms with E-state index in [1.165, 1.54) is 0 Å². The van der Waals surface area contributed by atoms with E-state index in [4.69, 9.17) is 0 Å². The van der Waals surface area contributed by atoms with Crippen LogP contribution in [-0.4, -0.2) is 33.8 Å². The summed E-state index contributed by atoms with van der Waals surface area (Å²) in [7, 11) is 0. The fourth-order valence-electron chi connectivity index (χ4n) is 3.48. The second-order valence-corrected chi connectivity index (χ2v) is 5.85. The van der Waals surface area contributed by atoms with Crippen LogP contribution >= 0.6 is 0 Å². The van der Waals surface area contributed by atoms with Crippen LogP contribution in [0.3, 0.4) is 0 Å². The van der Waals surface area contributed by atoms with Crippen LogP contribution in [0, 0.1) is 11.3 Å². The number of carbonyl (C=O) groups is 3. The van der Waals surface area contributed by atoms with E-state index >= 15 is 0 Å². The summed E-state index contributed by atoms with van der Waals surface area (Å²) in [5, 5.41) is 9.26. The van der Waals surface area contributed by atoms with Gasteiger partial charge in [-0.1, -0.05) is 12.8 Å². The highest BCUT2D eigenvalue weighted by molar-refractivity contribution is 6.08. The number of imide groups is 1. The smallest absolute Gasteiger partial charge is 0.327 e. The van der Waals surface area contributed by atoms with Crippen LogP contribution in [-0.2, 0) is 14.4 Å². The number of amides is 2. The molecule has 18 heavy (non-hydrogen) atoms. The van der Waals surface area contributed by atoms with Crippen LogP contribution in [0.5, 0.6) is 0 Å². The zero-order valence-electron chi connectivity index (χ0n) is 10.2. The number of hydrogen-bond donors (Lipinski definition) is 1. The molecule has 1 atom stereocenters. The van der Waals surface area contributed by atoms with Gasteiger partial charge in [-0.2, -0.15) is 0 Å². The molecule has 0 aromatic rings. The van der Waals surface area contributed by atoms with Gasteiger partial charge in [0.05, 0.1) is 5.41 Å². The highest BCUT2D eigenvalue weighted by Crippen LogP contribution is 2.49. The van der Waals surface area contributed by atoms with Gasteiger partial charge in [-0.3, -0.25) is 14.5 Å². The topological polar surface area (TPSA) is 74.7 Å². The Hall–Kier alpha value is -1.39. The molecule has 0 radical (unpaired) electrons. The van der Waals surface area contributed by atoms with Crippen molar-refractivity contribution in [1.82, 2.24) is 4.90 Å². The molecule has 1 saturated heterocycles. The predicted molar refractivity (Wildman–Crippen MR) is 61.5 cm³/mol. The lowest BCUT2D eigenvalue weighted by molar-refractivity contribution is -0.156. The van der Waals surface area contributed by atoms with Crippen molar-refractivity contribution >= 4 is 17.8 Å². The van der Waals surface area contributed by atoms with E-state index in [-0.39, 0.29) is 24.2 Å². The Bertz CT molecular complexity index is 421. The zero-order valence-corrected chi connectivity index (χ0v) is 10.2. The summed E-state index contributed by atoms with van der Waals surface area (Å²) in [5.41, 5.74) is -0.556. The maximum atomic E-state index is 12.5. The van der Waals surface area contributed by atoms with Gasteiger partial charge in [0, 0.05) is 6.42 Å². The number of carboxylic acids is 1. The highest BCUT2D eigenvalue weighted by atomic mass is 16.4. The predicted octanol–water partition coefficient (Wildman–Crippen LogP) is 1.17. The second-order valence-electron chi connectivity index (χ2n) is 5.85. The number of aliphatic carboxylic acids is 1. The van der Waals surface area contributed by atoms with Crippen LogP contribution in [0.25, 0.3) is 0 Å². The van der Waals surface area contributed by atoms with Gasteiger partial charge in [-0.05, 0) is 31.6 Å². The third-order valence-corrected chi connectivity index (χ3v) is 4.59. The quantitative estimate of drug-likeness (QED) is 0.764. The van der Waals surface area contributed by atoms with Gasteiger partial charge >= 0.3 is 5.97 Å². The van der Waals surface area contributed by atoms with Crippen LogP contribution < -0.4 is 0 Å². The van der Waals surface area contributed by atoms with Crippen LogP contribution in [0.4, 0.5) is 0 Å². The minimum atomic E-state index is -1.03. The maximum Gasteiger partial charge on any atom is 0.327 e. The first-order chi connectivity index (χ1) is 8.55. The van der Waals surface area contributed by atoms with Crippen LogP contribution in [0.2, 0.25) is 0 Å². The first-order valence-corrected chi connectivity index (χ1v) is 6.64. The van der Waals surface area contributed by atoms with Crippen molar-refractivity contribution in [2.75, 3.05) is 0 Å². The van der Waals surface area contributed by atoms with E-state index < -0.39 is 17.4 Å². The molecule has 3 aliphatic rings. The molecular formula is C13H17NO4. The van der Waals surface area contributed by atoms with Gasteiger partial charge in [0.2, 0.25) is 11.8 Å². The zero-order chi connectivity index (χ0) is 12.9. The lowest BCUT2D eigenvalue weighted by Gasteiger charge is -2.25. The molecule has 2 aliphatic carbocycles. The van der Waals surface area contributed by atoms with E-state index in [2.05, 4.69) is 0 Å². The van der Waals surface area contributed by atoms with Crippen molar-refractivity contribution in [2.24, 2.45) is 11.3 Å². The van der Waals surface area contributed by atoms with Gasteiger partial charge < -0.3 is 5.11 Å². The minimum absolute atomic E-state index is 0.0213. The molecular weight excluding hydrogens is 234 g/mol. The monoisotopic (exact) mass is 251 g/mol. The first-order valence-electron chi connectivity index (χ1n) is 6.64. The van der Waals surface area contributed by atoms with E-state index in [1.54, 1.807) is 0 Å². The maximum absolute atomic E-state index is 12.5. The minimum Gasteiger partial charge on any atom is -0.480 e. The molecule has 5 heteroatoms. The molecule has 1 spiro atoms. The Morgan fingerprint density at radius 3 is 2.39 bits per heavy atom. The third kappa shape index (κ3) is 1.56. The van der Waals surface area contributed by atoms with Crippen LogP contribution in [0.15, 0.2) is 0 Å². The Morgan fingerprint density at radius 1 is 1.28 bits per heavy atom. The van der Waals surface area contributed by atoms with Crippen LogP contribution in [0.1, 0.15) is 44.9 Å². The Morgan fingerprint density at radius 2 is 1.89 bits per heavy atom. The largest absolute Gasteiger partial charge is 0.480 e. The molecule has 0 bridgehead atoms. The molecule has 1 unspecified atom stereocenters. The van der Waals surface area contributed by atoms with Gasteiger partial charge in [0.15, 0.2) is 0 Å². The number of hydrogen-bond acceptors (Lipinski definition) is 3. The summed E-state index contributed by atoms with van der Waals surface area (Å²) in [4.78, 5) is 36.9. The summed E-state index contributed by atoms with van der Waals surface area (Å²) >= 11 is 0. The molecule has 0 aromatic carbocycles. The Labute approximate surface area is 105 Å². The second kappa shape index (κ2) is 3.80. The fraction of sp³-hybridized carbons (Fsp3) is 0.769. The number of likely N-dealkylation sites (tertiary alicyclic amines) is 1. The molecule has 98 valence electrons. The molecule has 2 saturated carbocycles. The number of nitrogens with zero attached hydrogens (tertiary/aromatic N) is 1. The molecule has 1 aliphatic heterocycles. The molecule has 2 amide bonds. The van der Waals surface area contributed by atoms with E-state index in [0.29, 0.717) is 0 Å².